The lowest BCUT2D eigenvalue weighted by molar-refractivity contribution is -0.120. The maximum absolute atomic E-state index is 12.8. The SMILES string of the molecule is COc1ccc(S(=O)(=O)N2CCCC2)cc1CCC(=O)NCCSc1ccccc1. The number of aryl methyl sites for hydroxylation is 1. The molecular weight excluding hydrogens is 420 g/mol. The number of thioether (sulfide) groups is 1. The van der Waals surface area contributed by atoms with Crippen molar-refractivity contribution in [2.45, 2.75) is 35.5 Å². The Morgan fingerprint density at radius 2 is 1.87 bits per heavy atom. The van der Waals surface area contributed by atoms with E-state index in [1.807, 2.05) is 30.3 Å². The molecule has 0 bridgehead atoms. The number of amides is 1. The average molecular weight is 449 g/mol. The summed E-state index contributed by atoms with van der Waals surface area (Å²) >= 11 is 1.69. The van der Waals surface area contributed by atoms with Crippen LogP contribution < -0.4 is 10.1 Å². The number of rotatable bonds is 10. The van der Waals surface area contributed by atoms with Gasteiger partial charge in [0.25, 0.3) is 0 Å². The van der Waals surface area contributed by atoms with Gasteiger partial charge < -0.3 is 10.1 Å². The van der Waals surface area contributed by atoms with E-state index < -0.39 is 10.0 Å². The van der Waals surface area contributed by atoms with Gasteiger partial charge in [0.2, 0.25) is 15.9 Å². The fourth-order valence-corrected chi connectivity index (χ4v) is 5.76. The summed E-state index contributed by atoms with van der Waals surface area (Å²) in [6.45, 7) is 1.71. The first kappa shape index (κ1) is 22.7. The molecule has 2 aromatic rings. The van der Waals surface area contributed by atoms with E-state index in [4.69, 9.17) is 4.74 Å². The van der Waals surface area contributed by atoms with E-state index in [1.165, 1.54) is 9.20 Å². The molecule has 8 heteroatoms. The molecule has 0 aromatic heterocycles. The Bertz CT molecular complexity index is 943. The van der Waals surface area contributed by atoms with Crippen LogP contribution in [0.15, 0.2) is 58.3 Å². The van der Waals surface area contributed by atoms with Crippen molar-refractivity contribution in [3.05, 3.63) is 54.1 Å². The summed E-state index contributed by atoms with van der Waals surface area (Å²) in [5.41, 5.74) is 0.728. The maximum Gasteiger partial charge on any atom is 0.243 e. The third-order valence-corrected chi connectivity index (χ3v) is 7.92. The van der Waals surface area contributed by atoms with Crippen LogP contribution in [-0.4, -0.2) is 51.1 Å². The molecule has 2 aromatic carbocycles. The van der Waals surface area contributed by atoms with Crippen LogP contribution in [0.25, 0.3) is 0 Å². The van der Waals surface area contributed by atoms with Gasteiger partial charge in [0, 0.05) is 36.7 Å². The summed E-state index contributed by atoms with van der Waals surface area (Å²) in [7, 11) is -1.94. The van der Waals surface area contributed by atoms with Gasteiger partial charge in [-0.3, -0.25) is 4.79 Å². The van der Waals surface area contributed by atoms with Crippen LogP contribution in [0, 0.1) is 0 Å². The number of carbonyl (C=O) groups is 1. The quantitative estimate of drug-likeness (QED) is 0.446. The number of hydrogen-bond donors (Lipinski definition) is 1. The van der Waals surface area contributed by atoms with Crippen molar-refractivity contribution in [3.8, 4) is 5.75 Å². The molecular formula is C22H28N2O4S2. The van der Waals surface area contributed by atoms with Crippen LogP contribution >= 0.6 is 11.8 Å². The van der Waals surface area contributed by atoms with E-state index in [-0.39, 0.29) is 17.2 Å². The molecule has 30 heavy (non-hydrogen) atoms. The molecule has 0 aliphatic carbocycles. The van der Waals surface area contributed by atoms with Crippen molar-refractivity contribution < 1.29 is 17.9 Å². The van der Waals surface area contributed by atoms with Crippen LogP contribution in [-0.2, 0) is 21.2 Å². The lowest BCUT2D eigenvalue weighted by Gasteiger charge is -2.17. The van der Waals surface area contributed by atoms with Gasteiger partial charge in [-0.05, 0) is 55.2 Å². The standard InChI is InChI=1S/C22H28N2O4S2/c1-28-21-11-10-20(30(26,27)24-14-5-6-15-24)17-18(21)9-12-22(25)23-13-16-29-19-7-3-2-4-8-19/h2-4,7-8,10-11,17H,5-6,9,12-16H2,1H3,(H,23,25). The molecule has 6 nitrogen and oxygen atoms in total. The number of hydrogen-bond acceptors (Lipinski definition) is 5. The number of nitrogens with zero attached hydrogens (tertiary/aromatic N) is 1. The second kappa shape index (κ2) is 10.8. The van der Waals surface area contributed by atoms with E-state index in [2.05, 4.69) is 5.32 Å². The van der Waals surface area contributed by atoms with Gasteiger partial charge in [-0.1, -0.05) is 18.2 Å². The monoisotopic (exact) mass is 448 g/mol. The van der Waals surface area contributed by atoms with Crippen LogP contribution in [0.4, 0.5) is 0 Å². The van der Waals surface area contributed by atoms with Crippen LogP contribution in [0.5, 0.6) is 5.75 Å². The van der Waals surface area contributed by atoms with Gasteiger partial charge in [-0.25, -0.2) is 8.42 Å². The van der Waals surface area contributed by atoms with Gasteiger partial charge in [-0.2, -0.15) is 4.31 Å². The Morgan fingerprint density at radius 3 is 2.57 bits per heavy atom. The van der Waals surface area contributed by atoms with Crippen LogP contribution in [0.1, 0.15) is 24.8 Å². The van der Waals surface area contributed by atoms with E-state index in [9.17, 15) is 13.2 Å². The van der Waals surface area contributed by atoms with Crippen molar-refractivity contribution >= 4 is 27.7 Å². The third-order valence-electron chi connectivity index (χ3n) is 5.01. The summed E-state index contributed by atoms with van der Waals surface area (Å²) < 4.78 is 32.5. The van der Waals surface area contributed by atoms with Gasteiger partial charge in [0.15, 0.2) is 0 Å². The molecule has 0 unspecified atom stereocenters. The van der Waals surface area contributed by atoms with Crippen molar-refractivity contribution in [2.75, 3.05) is 32.5 Å². The normalized spacial score (nSPS) is 14.6. The number of benzene rings is 2. The summed E-state index contributed by atoms with van der Waals surface area (Å²) in [5, 5.41) is 2.92. The highest BCUT2D eigenvalue weighted by atomic mass is 32.2. The van der Waals surface area contributed by atoms with Crippen molar-refractivity contribution in [3.63, 3.8) is 0 Å². The van der Waals surface area contributed by atoms with Gasteiger partial charge in [0.05, 0.1) is 12.0 Å². The number of sulfonamides is 1. The summed E-state index contributed by atoms with van der Waals surface area (Å²) in [6, 6.07) is 14.9. The lowest BCUT2D eigenvalue weighted by Crippen LogP contribution is -2.28. The minimum atomic E-state index is -3.49. The topological polar surface area (TPSA) is 75.7 Å². The molecule has 0 radical (unpaired) electrons. The zero-order chi connectivity index (χ0) is 21.4. The van der Waals surface area contributed by atoms with Gasteiger partial charge in [-0.15, -0.1) is 11.8 Å². The number of nitrogens with one attached hydrogen (secondary N) is 1. The van der Waals surface area contributed by atoms with Gasteiger partial charge >= 0.3 is 0 Å². The van der Waals surface area contributed by atoms with E-state index in [0.717, 1.165) is 24.2 Å². The first-order valence-corrected chi connectivity index (χ1v) is 12.5. The zero-order valence-electron chi connectivity index (χ0n) is 17.2. The predicted molar refractivity (Wildman–Crippen MR) is 119 cm³/mol. The fourth-order valence-electron chi connectivity index (χ4n) is 3.40. The second-order valence-corrected chi connectivity index (χ2v) is 10.2. The first-order valence-electron chi connectivity index (χ1n) is 10.1. The molecule has 0 saturated carbocycles. The van der Waals surface area contributed by atoms with Gasteiger partial charge in [0.1, 0.15) is 5.75 Å². The predicted octanol–water partition coefficient (Wildman–Crippen LogP) is 3.32. The van der Waals surface area contributed by atoms with Crippen molar-refractivity contribution in [1.82, 2.24) is 9.62 Å². The molecule has 0 atom stereocenters. The molecule has 1 amide bonds. The Hall–Kier alpha value is -2.03. The van der Waals surface area contributed by atoms with E-state index in [0.29, 0.717) is 31.8 Å². The van der Waals surface area contributed by atoms with Crippen LogP contribution in [0.3, 0.4) is 0 Å². The zero-order valence-corrected chi connectivity index (χ0v) is 18.8. The van der Waals surface area contributed by atoms with E-state index >= 15 is 0 Å². The smallest absolute Gasteiger partial charge is 0.243 e. The number of ether oxygens (including phenoxy) is 1. The summed E-state index contributed by atoms with van der Waals surface area (Å²) in [4.78, 5) is 13.7. The fraction of sp³-hybridized carbons (Fsp3) is 0.409. The Kier molecular flexibility index (Phi) is 8.18. The third kappa shape index (κ3) is 6.00. The number of carbonyl (C=O) groups excluding carboxylic acids is 1. The molecule has 1 fully saturated rings. The number of methoxy groups -OCH3 is 1. The molecule has 162 valence electrons. The minimum Gasteiger partial charge on any atom is -0.496 e. The molecule has 1 aliphatic heterocycles. The molecule has 1 aliphatic rings. The Morgan fingerprint density at radius 1 is 1.13 bits per heavy atom. The van der Waals surface area contributed by atoms with Crippen molar-refractivity contribution in [2.24, 2.45) is 0 Å². The molecule has 1 heterocycles. The maximum atomic E-state index is 12.8. The van der Waals surface area contributed by atoms with Crippen LogP contribution in [0.2, 0.25) is 0 Å². The first-order chi connectivity index (χ1) is 14.5. The highest BCUT2D eigenvalue weighted by Gasteiger charge is 2.27. The van der Waals surface area contributed by atoms with Crippen molar-refractivity contribution in [1.29, 1.82) is 0 Å². The average Bonchev–Trinajstić information content (AvgIpc) is 3.32. The second-order valence-electron chi connectivity index (χ2n) is 7.10. The summed E-state index contributed by atoms with van der Waals surface area (Å²) in [6.07, 6.45) is 2.49. The largest absolute Gasteiger partial charge is 0.496 e. The highest BCUT2D eigenvalue weighted by Crippen LogP contribution is 2.27. The minimum absolute atomic E-state index is 0.0569. The lowest BCUT2D eigenvalue weighted by atomic mass is 10.1. The highest BCUT2D eigenvalue weighted by molar-refractivity contribution is 7.99. The Balaban J connectivity index is 1.54. The summed E-state index contributed by atoms with van der Waals surface area (Å²) in [5.74, 6) is 1.34. The molecule has 3 rings (SSSR count). The van der Waals surface area contributed by atoms with E-state index in [1.54, 1.807) is 37.1 Å². The Labute approximate surface area is 183 Å². The molecule has 1 saturated heterocycles. The molecule has 0 spiro atoms. The molecule has 1 N–H and O–H groups in total.